The molecule has 0 radical (unpaired) electrons. The number of unbranched alkanes of at least 4 members (excludes halogenated alkanes) is 1. The van der Waals surface area contributed by atoms with E-state index in [4.69, 9.17) is 11.6 Å². The third-order valence-electron chi connectivity index (χ3n) is 4.31. The van der Waals surface area contributed by atoms with Crippen molar-refractivity contribution in [3.63, 3.8) is 0 Å². The molecule has 0 bridgehead atoms. The van der Waals surface area contributed by atoms with Gasteiger partial charge in [-0.25, -0.2) is 9.49 Å². The highest BCUT2D eigenvalue weighted by atomic mass is 35.5. The van der Waals surface area contributed by atoms with Gasteiger partial charge in [-0.05, 0) is 37.6 Å². The molecule has 0 unspecified atom stereocenters. The molecule has 0 fully saturated rings. The summed E-state index contributed by atoms with van der Waals surface area (Å²) in [5.74, 6) is -0.168. The van der Waals surface area contributed by atoms with Gasteiger partial charge in [0.15, 0.2) is 0 Å². The molecule has 0 aliphatic rings. The predicted molar refractivity (Wildman–Crippen MR) is 109 cm³/mol. The minimum absolute atomic E-state index is 0.168. The number of anilines is 1. The molecule has 2 aromatic carbocycles. The third-order valence-corrected chi connectivity index (χ3v) is 4.64. The Balaban J connectivity index is 1.80. The third kappa shape index (κ3) is 4.74. The second kappa shape index (κ2) is 9.43. The fraction of sp³-hybridized carbons (Fsp3) is 0.250. The van der Waals surface area contributed by atoms with E-state index in [2.05, 4.69) is 20.8 Å². The van der Waals surface area contributed by atoms with Crippen molar-refractivity contribution in [3.05, 3.63) is 57.8 Å². The summed E-state index contributed by atoms with van der Waals surface area (Å²) in [6, 6.07) is 12.4. The molecule has 8 heteroatoms. The Hall–Kier alpha value is -2.77. The minimum Gasteiger partial charge on any atom is -0.325 e. The average Bonchev–Trinajstić information content (AvgIpc) is 2.70. The fourth-order valence-electron chi connectivity index (χ4n) is 2.92. The minimum atomic E-state index is -0.567. The predicted octanol–water partition coefficient (Wildman–Crippen LogP) is 3.87. The Labute approximate surface area is 166 Å². The van der Waals surface area contributed by atoms with Crippen molar-refractivity contribution in [2.24, 2.45) is 0 Å². The van der Waals surface area contributed by atoms with E-state index in [1.54, 1.807) is 30.3 Å². The average molecular weight is 403 g/mol. The number of halogens is 2. The molecule has 0 aliphatic heterocycles. The molecule has 1 aromatic heterocycles. The molecular weight excluding hydrogens is 383 g/mol. The summed E-state index contributed by atoms with van der Waals surface area (Å²) >= 11 is 6.23. The van der Waals surface area contributed by atoms with Gasteiger partial charge in [-0.1, -0.05) is 35.9 Å². The number of nitrogens with one attached hydrogen (secondary N) is 3. The molecule has 0 saturated heterocycles. The summed E-state index contributed by atoms with van der Waals surface area (Å²) < 4.78 is 12.0. The summed E-state index contributed by atoms with van der Waals surface area (Å²) in [6.07, 6.45) is 1.66. The van der Waals surface area contributed by atoms with Gasteiger partial charge in [0.25, 0.3) is 5.56 Å². The number of rotatable bonds is 8. The van der Waals surface area contributed by atoms with Gasteiger partial charge in [0.2, 0.25) is 5.91 Å². The normalized spacial score (nSPS) is 10.9. The van der Waals surface area contributed by atoms with Crippen LogP contribution in [0.2, 0.25) is 5.02 Å². The molecule has 28 heavy (non-hydrogen) atoms. The van der Waals surface area contributed by atoms with E-state index >= 15 is 0 Å². The highest BCUT2D eigenvalue weighted by Crippen LogP contribution is 2.30. The molecular formula is C20H20ClFN4O2. The van der Waals surface area contributed by atoms with E-state index in [1.165, 1.54) is 0 Å². The number of hydrogen-bond acceptors (Lipinski definition) is 4. The van der Waals surface area contributed by atoms with Crippen LogP contribution in [0.25, 0.3) is 22.0 Å². The molecule has 0 aliphatic carbocycles. The zero-order valence-corrected chi connectivity index (χ0v) is 15.9. The van der Waals surface area contributed by atoms with Crippen LogP contribution in [-0.4, -0.2) is 29.4 Å². The second-order valence-corrected chi connectivity index (χ2v) is 6.69. The van der Waals surface area contributed by atoms with Gasteiger partial charge >= 0.3 is 0 Å². The number of fused-ring (bicyclic) bond motifs is 1. The van der Waals surface area contributed by atoms with Crippen molar-refractivity contribution >= 4 is 34.0 Å². The number of H-pyrrole nitrogens is 1. The molecule has 1 amide bonds. The smallest absolute Gasteiger partial charge is 0.272 e. The van der Waals surface area contributed by atoms with Crippen molar-refractivity contribution in [1.29, 1.82) is 0 Å². The molecule has 6 nitrogen and oxygen atoms in total. The maximum atomic E-state index is 12.2. The maximum Gasteiger partial charge on any atom is 0.272 e. The molecule has 0 spiro atoms. The van der Waals surface area contributed by atoms with Crippen LogP contribution < -0.4 is 16.2 Å². The number of benzene rings is 2. The van der Waals surface area contributed by atoms with Crippen LogP contribution in [0, 0.1) is 0 Å². The van der Waals surface area contributed by atoms with Crippen molar-refractivity contribution in [3.8, 4) is 11.3 Å². The topological polar surface area (TPSA) is 86.9 Å². The zero-order valence-electron chi connectivity index (χ0n) is 15.1. The maximum absolute atomic E-state index is 12.2. The lowest BCUT2D eigenvalue weighted by Crippen LogP contribution is -2.15. The van der Waals surface area contributed by atoms with Crippen LogP contribution in [0.15, 0.2) is 47.3 Å². The van der Waals surface area contributed by atoms with Gasteiger partial charge < -0.3 is 5.32 Å². The molecule has 3 aromatic rings. The van der Waals surface area contributed by atoms with Crippen molar-refractivity contribution < 1.29 is 9.18 Å². The fourth-order valence-corrected chi connectivity index (χ4v) is 3.08. The van der Waals surface area contributed by atoms with Gasteiger partial charge in [0.05, 0.1) is 21.8 Å². The van der Waals surface area contributed by atoms with Crippen molar-refractivity contribution in [1.82, 2.24) is 15.5 Å². The van der Waals surface area contributed by atoms with Gasteiger partial charge in [0.1, 0.15) is 6.80 Å². The number of alkyl halides is 1. The lowest BCUT2D eigenvalue weighted by atomic mass is 10.0. The highest BCUT2D eigenvalue weighted by molar-refractivity contribution is 6.33. The Morgan fingerprint density at radius 1 is 1.14 bits per heavy atom. The first-order valence-electron chi connectivity index (χ1n) is 8.94. The van der Waals surface area contributed by atoms with Crippen LogP contribution in [0.4, 0.5) is 10.1 Å². The van der Waals surface area contributed by atoms with Crippen LogP contribution >= 0.6 is 11.6 Å². The monoisotopic (exact) mass is 402 g/mol. The molecule has 0 atom stereocenters. The first-order valence-corrected chi connectivity index (χ1v) is 9.32. The van der Waals surface area contributed by atoms with E-state index in [9.17, 15) is 14.0 Å². The summed E-state index contributed by atoms with van der Waals surface area (Å²) in [5, 5.41) is 13.7. The van der Waals surface area contributed by atoms with Crippen LogP contribution in [-0.2, 0) is 4.79 Å². The van der Waals surface area contributed by atoms with Crippen LogP contribution in [0.5, 0.6) is 0 Å². The van der Waals surface area contributed by atoms with Gasteiger partial charge in [-0.15, -0.1) is 0 Å². The number of carbonyl (C=O) groups excluding carboxylic acids is 1. The number of aromatic nitrogens is 2. The van der Waals surface area contributed by atoms with Crippen molar-refractivity contribution in [2.45, 2.75) is 19.3 Å². The van der Waals surface area contributed by atoms with Crippen LogP contribution in [0.3, 0.4) is 0 Å². The highest BCUT2D eigenvalue weighted by Gasteiger charge is 2.12. The SMILES string of the molecule is O=C(CCCCNCF)Nc1cc(-c2n[nH]c(=O)c3ccccc23)ccc1Cl. The number of amides is 1. The van der Waals surface area contributed by atoms with E-state index in [1.807, 2.05) is 12.1 Å². The number of nitrogens with zero attached hydrogens (tertiary/aromatic N) is 1. The molecule has 0 saturated carbocycles. The van der Waals surface area contributed by atoms with E-state index in [0.29, 0.717) is 53.0 Å². The lowest BCUT2D eigenvalue weighted by Gasteiger charge is -2.11. The van der Waals surface area contributed by atoms with Gasteiger partial charge in [0, 0.05) is 17.4 Å². The van der Waals surface area contributed by atoms with E-state index < -0.39 is 6.80 Å². The van der Waals surface area contributed by atoms with E-state index in [-0.39, 0.29) is 11.5 Å². The standard InChI is InChI=1S/C20H20ClFN4O2/c21-16-9-8-13(11-17(16)24-18(27)7-3-4-10-23-12-22)19-14-5-1-2-6-15(14)20(28)26-25-19/h1-2,5-6,8-9,11,23H,3-4,7,10,12H2,(H,24,27)(H,26,28). The Morgan fingerprint density at radius 2 is 1.93 bits per heavy atom. The number of hydrogen-bond donors (Lipinski definition) is 3. The Bertz CT molecular complexity index is 1040. The summed E-state index contributed by atoms with van der Waals surface area (Å²) in [7, 11) is 0. The quantitative estimate of drug-likeness (QED) is 0.394. The molecule has 1 heterocycles. The van der Waals surface area contributed by atoms with Crippen molar-refractivity contribution in [2.75, 3.05) is 18.7 Å². The molecule has 146 valence electrons. The number of carbonyl (C=O) groups is 1. The lowest BCUT2D eigenvalue weighted by molar-refractivity contribution is -0.116. The first kappa shape index (κ1) is 20.0. The largest absolute Gasteiger partial charge is 0.325 e. The summed E-state index contributed by atoms with van der Waals surface area (Å²) in [5.41, 5.74) is 1.53. The first-order chi connectivity index (χ1) is 13.6. The Kier molecular flexibility index (Phi) is 6.73. The summed E-state index contributed by atoms with van der Waals surface area (Å²) in [6.45, 7) is -0.0347. The molecule has 3 N–H and O–H groups in total. The Morgan fingerprint density at radius 3 is 2.71 bits per heavy atom. The molecule has 3 rings (SSSR count). The van der Waals surface area contributed by atoms with Crippen LogP contribution in [0.1, 0.15) is 19.3 Å². The zero-order chi connectivity index (χ0) is 19.9. The van der Waals surface area contributed by atoms with Gasteiger partial charge in [-0.3, -0.25) is 14.9 Å². The van der Waals surface area contributed by atoms with Gasteiger partial charge in [-0.2, -0.15) is 5.10 Å². The second-order valence-electron chi connectivity index (χ2n) is 6.28. The number of aromatic amines is 1. The summed E-state index contributed by atoms with van der Waals surface area (Å²) in [4.78, 5) is 24.1. The van der Waals surface area contributed by atoms with E-state index in [0.717, 1.165) is 5.56 Å².